The molecule has 1 saturated heterocycles. The first-order valence-electron chi connectivity index (χ1n) is 11.4. The fourth-order valence-electron chi connectivity index (χ4n) is 5.01. The minimum atomic E-state index is -0.335. The molecule has 3 heterocycles. The normalized spacial score (nSPS) is 17.1. The average Bonchev–Trinajstić information content (AvgIpc) is 2.85. The Labute approximate surface area is 201 Å². The highest BCUT2D eigenvalue weighted by Crippen LogP contribution is 2.31. The van der Waals surface area contributed by atoms with E-state index in [0.717, 1.165) is 62.4 Å². The van der Waals surface area contributed by atoms with Crippen LogP contribution in [0, 0.1) is 10.1 Å². The molecule has 170 valence electrons. The quantitative estimate of drug-likeness (QED) is 0.353. The molecule has 5 rings (SSSR count). The maximum Gasteiger partial charge on any atom is 0.269 e. The number of aromatic nitrogens is 2. The highest BCUT2D eigenvalue weighted by Gasteiger charge is 2.24. The van der Waals surface area contributed by atoms with Crippen LogP contribution in [0.15, 0.2) is 59.3 Å². The number of hydrogen-bond acceptors (Lipinski definition) is 6. The van der Waals surface area contributed by atoms with Gasteiger partial charge >= 0.3 is 0 Å². The van der Waals surface area contributed by atoms with E-state index in [0.29, 0.717) is 5.92 Å². The van der Waals surface area contributed by atoms with Crippen molar-refractivity contribution in [3.05, 3.63) is 91.7 Å². The van der Waals surface area contributed by atoms with Gasteiger partial charge in [0.2, 0.25) is 5.95 Å². The lowest BCUT2D eigenvalue weighted by Gasteiger charge is -2.34. The van der Waals surface area contributed by atoms with Crippen molar-refractivity contribution in [2.75, 3.05) is 24.5 Å². The Bertz CT molecular complexity index is 1130. The van der Waals surface area contributed by atoms with Gasteiger partial charge in [0, 0.05) is 44.2 Å². The number of nitro benzene ring substituents is 1. The Kier molecular flexibility index (Phi) is 6.37. The third-order valence-corrected chi connectivity index (χ3v) is 7.22. The Morgan fingerprint density at radius 1 is 1.03 bits per heavy atom. The van der Waals surface area contributed by atoms with Crippen LogP contribution < -0.4 is 4.90 Å². The predicted octanol–water partition coefficient (Wildman–Crippen LogP) is 5.09. The van der Waals surface area contributed by atoms with Crippen LogP contribution >= 0.6 is 15.9 Å². The van der Waals surface area contributed by atoms with Gasteiger partial charge in [-0.15, -0.1) is 0 Å². The molecule has 0 radical (unpaired) electrons. The summed E-state index contributed by atoms with van der Waals surface area (Å²) in [6, 6.07) is 13.8. The summed E-state index contributed by atoms with van der Waals surface area (Å²) in [5.41, 5.74) is 5.65. The molecule has 0 unspecified atom stereocenters. The molecule has 3 aromatic rings. The second-order valence-electron chi connectivity index (χ2n) is 8.83. The van der Waals surface area contributed by atoms with Crippen LogP contribution in [-0.2, 0) is 19.5 Å². The van der Waals surface area contributed by atoms with Gasteiger partial charge in [0.05, 0.1) is 9.40 Å². The van der Waals surface area contributed by atoms with Gasteiger partial charge in [-0.3, -0.25) is 15.0 Å². The molecule has 2 aliphatic heterocycles. The molecule has 0 amide bonds. The first-order chi connectivity index (χ1) is 16.1. The smallest absolute Gasteiger partial charge is 0.269 e. The zero-order valence-corrected chi connectivity index (χ0v) is 19.9. The zero-order valence-electron chi connectivity index (χ0n) is 18.4. The number of rotatable bonds is 5. The summed E-state index contributed by atoms with van der Waals surface area (Å²) in [6.07, 6.45) is 6.77. The van der Waals surface area contributed by atoms with Crippen LogP contribution in [-0.4, -0.2) is 39.4 Å². The summed E-state index contributed by atoms with van der Waals surface area (Å²) in [5, 5.41) is 10.9. The van der Waals surface area contributed by atoms with Crippen LogP contribution in [0.25, 0.3) is 0 Å². The summed E-state index contributed by atoms with van der Waals surface area (Å²) in [6.45, 7) is 4.83. The highest BCUT2D eigenvalue weighted by molar-refractivity contribution is 9.10. The van der Waals surface area contributed by atoms with E-state index in [2.05, 4.69) is 53.9 Å². The Balaban J connectivity index is 1.21. The minimum Gasteiger partial charge on any atom is -0.336 e. The lowest BCUT2D eigenvalue weighted by Crippen LogP contribution is -2.35. The van der Waals surface area contributed by atoms with Gasteiger partial charge in [-0.25, -0.2) is 9.97 Å². The van der Waals surface area contributed by atoms with Crippen LogP contribution in [0.3, 0.4) is 0 Å². The summed E-state index contributed by atoms with van der Waals surface area (Å²) in [5.74, 6) is 1.26. The Hall–Kier alpha value is -2.84. The summed E-state index contributed by atoms with van der Waals surface area (Å²) < 4.78 is 0.892. The standard InChI is InChI=1S/C25H26BrN5O2/c26-22-14-27-25(28-15-22)30-13-10-24-20(2-1-3-21(24)17-30)16-29-11-8-19(9-12-29)18-4-6-23(7-5-18)31(32)33/h1-7,14-15,19H,8-13,16-17H2. The van der Waals surface area contributed by atoms with E-state index in [-0.39, 0.29) is 10.6 Å². The van der Waals surface area contributed by atoms with Crippen molar-refractivity contribution < 1.29 is 4.92 Å². The molecule has 0 spiro atoms. The minimum absolute atomic E-state index is 0.162. The number of piperidine rings is 1. The number of nitrogens with zero attached hydrogens (tertiary/aromatic N) is 5. The maximum atomic E-state index is 10.9. The van der Waals surface area contributed by atoms with Crippen molar-refractivity contribution in [2.24, 2.45) is 0 Å². The summed E-state index contributed by atoms with van der Waals surface area (Å²) >= 11 is 3.40. The van der Waals surface area contributed by atoms with Crippen molar-refractivity contribution in [1.29, 1.82) is 0 Å². The van der Waals surface area contributed by atoms with Crippen molar-refractivity contribution in [1.82, 2.24) is 14.9 Å². The predicted molar refractivity (Wildman–Crippen MR) is 131 cm³/mol. The topological polar surface area (TPSA) is 75.4 Å². The average molecular weight is 508 g/mol. The second kappa shape index (κ2) is 9.57. The number of likely N-dealkylation sites (tertiary alicyclic amines) is 1. The van der Waals surface area contributed by atoms with E-state index in [1.807, 2.05) is 12.1 Å². The molecule has 0 aliphatic carbocycles. The Morgan fingerprint density at radius 2 is 1.76 bits per heavy atom. The number of non-ortho nitro benzene ring substituents is 1. The first-order valence-corrected chi connectivity index (χ1v) is 12.1. The van der Waals surface area contributed by atoms with Crippen molar-refractivity contribution in [3.63, 3.8) is 0 Å². The number of fused-ring (bicyclic) bond motifs is 1. The molecule has 7 nitrogen and oxygen atoms in total. The zero-order chi connectivity index (χ0) is 22.8. The highest BCUT2D eigenvalue weighted by atomic mass is 79.9. The first kappa shape index (κ1) is 22.0. The molecule has 1 fully saturated rings. The molecular weight excluding hydrogens is 482 g/mol. The van der Waals surface area contributed by atoms with Gasteiger partial charge in [0.15, 0.2) is 0 Å². The maximum absolute atomic E-state index is 10.9. The third-order valence-electron chi connectivity index (χ3n) is 6.81. The van der Waals surface area contributed by atoms with Crippen molar-refractivity contribution in [2.45, 2.75) is 38.3 Å². The van der Waals surface area contributed by atoms with E-state index in [1.54, 1.807) is 24.5 Å². The Morgan fingerprint density at radius 3 is 2.45 bits per heavy atom. The molecule has 0 N–H and O–H groups in total. The van der Waals surface area contributed by atoms with Gasteiger partial charge in [-0.05, 0) is 76.5 Å². The summed E-state index contributed by atoms with van der Waals surface area (Å²) in [7, 11) is 0. The van der Waals surface area contributed by atoms with E-state index < -0.39 is 0 Å². The van der Waals surface area contributed by atoms with E-state index in [4.69, 9.17) is 0 Å². The fraction of sp³-hybridized carbons (Fsp3) is 0.360. The second-order valence-corrected chi connectivity index (χ2v) is 9.74. The number of anilines is 1. The molecule has 0 saturated carbocycles. The van der Waals surface area contributed by atoms with Crippen LogP contribution in [0.2, 0.25) is 0 Å². The van der Waals surface area contributed by atoms with E-state index in [9.17, 15) is 10.1 Å². The van der Waals surface area contributed by atoms with Gasteiger partial charge < -0.3 is 4.90 Å². The lowest BCUT2D eigenvalue weighted by atomic mass is 9.88. The van der Waals surface area contributed by atoms with Crippen molar-refractivity contribution in [3.8, 4) is 0 Å². The van der Waals surface area contributed by atoms with Crippen LogP contribution in [0.1, 0.15) is 41.0 Å². The SMILES string of the molecule is O=[N+]([O-])c1ccc(C2CCN(Cc3cccc4c3CCN(c3ncc(Br)cn3)C4)CC2)cc1. The third kappa shape index (κ3) is 4.91. The van der Waals surface area contributed by atoms with Crippen molar-refractivity contribution >= 4 is 27.6 Å². The largest absolute Gasteiger partial charge is 0.336 e. The van der Waals surface area contributed by atoms with Gasteiger partial charge in [0.25, 0.3) is 5.69 Å². The lowest BCUT2D eigenvalue weighted by molar-refractivity contribution is -0.384. The van der Waals surface area contributed by atoms with Crippen LogP contribution in [0.4, 0.5) is 11.6 Å². The fourth-order valence-corrected chi connectivity index (χ4v) is 5.21. The molecule has 1 aromatic heterocycles. The van der Waals surface area contributed by atoms with E-state index >= 15 is 0 Å². The van der Waals surface area contributed by atoms with Gasteiger partial charge in [0.1, 0.15) is 0 Å². The number of nitro groups is 1. The van der Waals surface area contributed by atoms with E-state index in [1.165, 1.54) is 22.3 Å². The number of benzene rings is 2. The number of halogens is 1. The molecule has 2 aliphatic rings. The van der Waals surface area contributed by atoms with Gasteiger partial charge in [-0.2, -0.15) is 0 Å². The molecule has 0 atom stereocenters. The van der Waals surface area contributed by atoms with Crippen LogP contribution in [0.5, 0.6) is 0 Å². The summed E-state index contributed by atoms with van der Waals surface area (Å²) in [4.78, 5) is 24.3. The van der Waals surface area contributed by atoms with Gasteiger partial charge in [-0.1, -0.05) is 30.3 Å². The molecule has 33 heavy (non-hydrogen) atoms. The monoisotopic (exact) mass is 507 g/mol. The molecular formula is C25H26BrN5O2. The molecule has 0 bridgehead atoms. The number of hydrogen-bond donors (Lipinski definition) is 0. The molecule has 8 heteroatoms. The molecule has 2 aromatic carbocycles.